The van der Waals surface area contributed by atoms with E-state index >= 15 is 0 Å². The zero-order valence-corrected chi connectivity index (χ0v) is 13.9. The molecule has 124 valence electrons. The van der Waals surface area contributed by atoms with Crippen LogP contribution < -0.4 is 4.74 Å². The number of H-pyrrole nitrogens is 1. The Morgan fingerprint density at radius 3 is 2.87 bits per heavy atom. The third kappa shape index (κ3) is 3.92. The van der Waals surface area contributed by atoms with Gasteiger partial charge in [0.25, 0.3) is 0 Å². The number of hydrogen-bond donors (Lipinski definition) is 1. The van der Waals surface area contributed by atoms with Crippen LogP contribution in [-0.4, -0.2) is 56.0 Å². The fourth-order valence-corrected chi connectivity index (χ4v) is 3.81. The van der Waals surface area contributed by atoms with E-state index in [1.807, 2.05) is 30.3 Å². The lowest BCUT2D eigenvalue weighted by Gasteiger charge is -2.16. The lowest BCUT2D eigenvalue weighted by Crippen LogP contribution is -2.26. The van der Waals surface area contributed by atoms with Crippen molar-refractivity contribution in [3.63, 3.8) is 0 Å². The highest BCUT2D eigenvalue weighted by molar-refractivity contribution is 7.90. The van der Waals surface area contributed by atoms with E-state index in [-0.39, 0.29) is 5.92 Å². The summed E-state index contributed by atoms with van der Waals surface area (Å²) in [4.78, 5) is 2.62. The standard InChI is InChI=1S/C16H21N3O3S/c1-23(20,21)15-11-17-18-16(15)13-7-8-19(12-13)9-10-22-14-5-3-2-4-6-14/h2-6,11,13H,7-10,12H2,1H3,(H,17,18)/t13-/m1/s1. The molecular formula is C16H21N3O3S. The zero-order valence-electron chi connectivity index (χ0n) is 13.1. The predicted octanol–water partition coefficient (Wildman–Crippen LogP) is 1.68. The number of ether oxygens (including phenoxy) is 1. The molecule has 0 spiro atoms. The molecule has 1 aromatic heterocycles. The van der Waals surface area contributed by atoms with Crippen LogP contribution in [-0.2, 0) is 9.84 Å². The van der Waals surface area contributed by atoms with E-state index in [4.69, 9.17) is 4.74 Å². The number of benzene rings is 1. The van der Waals surface area contributed by atoms with E-state index in [1.54, 1.807) is 0 Å². The summed E-state index contributed by atoms with van der Waals surface area (Å²) in [6.45, 7) is 3.21. The van der Waals surface area contributed by atoms with E-state index in [0.717, 1.165) is 37.5 Å². The molecule has 0 bridgehead atoms. The van der Waals surface area contributed by atoms with Crippen LogP contribution >= 0.6 is 0 Å². The number of aromatic amines is 1. The van der Waals surface area contributed by atoms with E-state index in [9.17, 15) is 8.42 Å². The Kier molecular flexibility index (Phi) is 4.68. The Morgan fingerprint density at radius 2 is 2.13 bits per heavy atom. The average Bonchev–Trinajstić information content (AvgIpc) is 3.16. The average molecular weight is 335 g/mol. The van der Waals surface area contributed by atoms with Gasteiger partial charge >= 0.3 is 0 Å². The summed E-state index contributed by atoms with van der Waals surface area (Å²) >= 11 is 0. The van der Waals surface area contributed by atoms with Gasteiger partial charge in [-0.05, 0) is 25.1 Å². The molecule has 6 nitrogen and oxygen atoms in total. The minimum absolute atomic E-state index is 0.180. The molecule has 2 heterocycles. The topological polar surface area (TPSA) is 75.3 Å². The van der Waals surface area contributed by atoms with Crippen molar-refractivity contribution in [3.8, 4) is 5.75 Å². The summed E-state index contributed by atoms with van der Waals surface area (Å²) in [7, 11) is -3.23. The third-order valence-corrected chi connectivity index (χ3v) is 5.26. The number of likely N-dealkylation sites (tertiary alicyclic amines) is 1. The minimum Gasteiger partial charge on any atom is -0.492 e. The minimum atomic E-state index is -3.23. The maximum atomic E-state index is 11.8. The molecule has 0 aliphatic carbocycles. The number of para-hydroxylation sites is 1. The van der Waals surface area contributed by atoms with Gasteiger partial charge < -0.3 is 4.74 Å². The highest BCUT2D eigenvalue weighted by Gasteiger charge is 2.29. The van der Waals surface area contributed by atoms with Crippen LogP contribution in [0.3, 0.4) is 0 Å². The van der Waals surface area contributed by atoms with Crippen LogP contribution in [0.2, 0.25) is 0 Å². The largest absolute Gasteiger partial charge is 0.492 e. The van der Waals surface area contributed by atoms with Crippen molar-refractivity contribution in [2.24, 2.45) is 0 Å². The maximum Gasteiger partial charge on any atom is 0.178 e. The molecule has 0 amide bonds. The van der Waals surface area contributed by atoms with Crippen LogP contribution in [0.15, 0.2) is 41.4 Å². The molecule has 1 fully saturated rings. The van der Waals surface area contributed by atoms with Gasteiger partial charge in [0.1, 0.15) is 17.3 Å². The predicted molar refractivity (Wildman–Crippen MR) is 87.4 cm³/mol. The van der Waals surface area contributed by atoms with Crippen molar-refractivity contribution in [1.82, 2.24) is 15.1 Å². The van der Waals surface area contributed by atoms with Crippen LogP contribution in [0.25, 0.3) is 0 Å². The quantitative estimate of drug-likeness (QED) is 0.869. The van der Waals surface area contributed by atoms with E-state index < -0.39 is 9.84 Å². The van der Waals surface area contributed by atoms with E-state index in [0.29, 0.717) is 11.5 Å². The summed E-state index contributed by atoms with van der Waals surface area (Å²) in [5.74, 6) is 1.05. The highest BCUT2D eigenvalue weighted by Crippen LogP contribution is 2.29. The van der Waals surface area contributed by atoms with Gasteiger partial charge in [-0.3, -0.25) is 10.00 Å². The van der Waals surface area contributed by atoms with Gasteiger partial charge in [0.05, 0.1) is 11.9 Å². The Hall–Kier alpha value is -1.86. The van der Waals surface area contributed by atoms with Crippen LogP contribution in [0, 0.1) is 0 Å². The molecule has 1 atom stereocenters. The summed E-state index contributed by atoms with van der Waals surface area (Å²) in [6.07, 6.45) is 3.56. The summed E-state index contributed by atoms with van der Waals surface area (Å²) in [5, 5.41) is 6.78. The Bertz CT molecular complexity index is 743. The second-order valence-electron chi connectivity index (χ2n) is 5.87. The third-order valence-electron chi connectivity index (χ3n) is 4.13. The molecule has 1 aromatic carbocycles. The first kappa shape index (κ1) is 16.0. The van der Waals surface area contributed by atoms with Crippen molar-refractivity contribution in [3.05, 3.63) is 42.2 Å². The van der Waals surface area contributed by atoms with Gasteiger partial charge in [-0.15, -0.1) is 0 Å². The molecule has 7 heteroatoms. The van der Waals surface area contributed by atoms with Gasteiger partial charge in [-0.25, -0.2) is 8.42 Å². The molecule has 2 aromatic rings. The Morgan fingerprint density at radius 1 is 1.35 bits per heavy atom. The Balaban J connectivity index is 1.54. The van der Waals surface area contributed by atoms with Gasteiger partial charge in [0.15, 0.2) is 9.84 Å². The first-order valence-electron chi connectivity index (χ1n) is 7.67. The molecule has 0 saturated carbocycles. The number of nitrogens with zero attached hydrogens (tertiary/aromatic N) is 2. The van der Waals surface area contributed by atoms with Crippen LogP contribution in [0.5, 0.6) is 5.75 Å². The fourth-order valence-electron chi connectivity index (χ4n) is 2.95. The molecular weight excluding hydrogens is 314 g/mol. The van der Waals surface area contributed by atoms with Gasteiger partial charge in [-0.2, -0.15) is 5.10 Å². The molecule has 1 saturated heterocycles. The highest BCUT2D eigenvalue weighted by atomic mass is 32.2. The van der Waals surface area contributed by atoms with Crippen molar-refractivity contribution >= 4 is 9.84 Å². The first-order valence-corrected chi connectivity index (χ1v) is 9.56. The second kappa shape index (κ2) is 6.72. The van der Waals surface area contributed by atoms with Crippen molar-refractivity contribution in [2.45, 2.75) is 17.2 Å². The molecule has 1 N–H and O–H groups in total. The number of rotatable bonds is 6. The van der Waals surface area contributed by atoms with Crippen LogP contribution in [0.4, 0.5) is 0 Å². The number of hydrogen-bond acceptors (Lipinski definition) is 5. The van der Waals surface area contributed by atoms with Crippen LogP contribution in [0.1, 0.15) is 18.0 Å². The summed E-state index contributed by atoms with van der Waals surface area (Å²) in [6, 6.07) is 9.74. The first-order chi connectivity index (χ1) is 11.0. The zero-order chi connectivity index (χ0) is 16.3. The van der Waals surface area contributed by atoms with Gasteiger partial charge in [-0.1, -0.05) is 18.2 Å². The summed E-state index contributed by atoms with van der Waals surface area (Å²) in [5.41, 5.74) is 0.735. The smallest absolute Gasteiger partial charge is 0.178 e. The fraction of sp³-hybridized carbons (Fsp3) is 0.438. The molecule has 23 heavy (non-hydrogen) atoms. The van der Waals surface area contributed by atoms with Crippen molar-refractivity contribution < 1.29 is 13.2 Å². The molecule has 1 aliphatic rings. The lowest BCUT2D eigenvalue weighted by atomic mass is 10.1. The number of aromatic nitrogens is 2. The van der Waals surface area contributed by atoms with E-state index in [2.05, 4.69) is 15.1 Å². The SMILES string of the molecule is CS(=O)(=O)c1cn[nH]c1[C@@H]1CCN(CCOc2ccccc2)C1. The lowest BCUT2D eigenvalue weighted by molar-refractivity contribution is 0.236. The normalized spacial score (nSPS) is 19.1. The molecule has 0 unspecified atom stereocenters. The number of sulfone groups is 1. The second-order valence-corrected chi connectivity index (χ2v) is 7.85. The van der Waals surface area contributed by atoms with Crippen molar-refractivity contribution in [1.29, 1.82) is 0 Å². The molecule has 3 rings (SSSR count). The maximum absolute atomic E-state index is 11.8. The molecule has 1 aliphatic heterocycles. The number of nitrogens with one attached hydrogen (secondary N) is 1. The monoisotopic (exact) mass is 335 g/mol. The Labute approximate surface area is 136 Å². The van der Waals surface area contributed by atoms with E-state index in [1.165, 1.54) is 12.5 Å². The summed E-state index contributed by atoms with van der Waals surface area (Å²) < 4.78 is 29.3. The van der Waals surface area contributed by atoms with Gasteiger partial charge in [0.2, 0.25) is 0 Å². The molecule has 0 radical (unpaired) electrons. The van der Waals surface area contributed by atoms with Gasteiger partial charge in [0, 0.05) is 25.3 Å². The van der Waals surface area contributed by atoms with Crippen molar-refractivity contribution in [2.75, 3.05) is 32.5 Å².